The van der Waals surface area contributed by atoms with Gasteiger partial charge in [-0.3, -0.25) is 4.79 Å². The predicted molar refractivity (Wildman–Crippen MR) is 83.3 cm³/mol. The van der Waals surface area contributed by atoms with Crippen LogP contribution in [-0.4, -0.2) is 23.3 Å². The number of rotatable bonds is 7. The average molecular weight is 321 g/mol. The molecule has 0 amide bonds. The summed E-state index contributed by atoms with van der Waals surface area (Å²) < 4.78 is 4.31. The number of ketones is 1. The first-order chi connectivity index (χ1) is 9.50. The topological polar surface area (TPSA) is 26.3 Å². The van der Waals surface area contributed by atoms with Crippen molar-refractivity contribution in [2.24, 2.45) is 17.8 Å². The second-order valence-electron chi connectivity index (χ2n) is 6.41. The van der Waals surface area contributed by atoms with E-state index in [1.165, 1.54) is 25.7 Å². The molecule has 0 aliphatic heterocycles. The van der Waals surface area contributed by atoms with Gasteiger partial charge in [0.05, 0.1) is 6.10 Å². The van der Waals surface area contributed by atoms with Crippen LogP contribution in [0.4, 0.5) is 0 Å². The highest BCUT2D eigenvalue weighted by Crippen LogP contribution is 2.56. The van der Waals surface area contributed by atoms with Crippen molar-refractivity contribution >= 4 is 29.0 Å². The molecule has 2 rings (SSSR count). The van der Waals surface area contributed by atoms with Gasteiger partial charge in [0.1, 0.15) is 0 Å². The third kappa shape index (κ3) is 3.34. The molecule has 2 nitrogen and oxygen atoms in total. The highest BCUT2D eigenvalue weighted by Gasteiger charge is 2.57. The van der Waals surface area contributed by atoms with E-state index in [2.05, 4.69) is 6.92 Å². The molecule has 116 valence electrons. The second kappa shape index (κ2) is 6.98. The highest BCUT2D eigenvalue weighted by molar-refractivity contribution is 6.59. The molecule has 0 heterocycles. The van der Waals surface area contributed by atoms with E-state index in [1.807, 2.05) is 0 Å². The quantitative estimate of drug-likeness (QED) is 0.499. The predicted octanol–water partition coefficient (Wildman–Crippen LogP) is 4.76. The summed E-state index contributed by atoms with van der Waals surface area (Å²) >= 11 is 12.4. The molecule has 0 aromatic rings. The normalized spacial score (nSPS) is 33.4. The van der Waals surface area contributed by atoms with Gasteiger partial charge in [-0.15, -0.1) is 0 Å². The molecule has 0 aromatic heterocycles. The van der Waals surface area contributed by atoms with Crippen LogP contribution < -0.4 is 0 Å². The van der Waals surface area contributed by atoms with Crippen molar-refractivity contribution in [1.29, 1.82) is 0 Å². The minimum atomic E-state index is -1.09. The summed E-state index contributed by atoms with van der Waals surface area (Å²) in [6.45, 7) is 2.17. The molecule has 2 aliphatic carbocycles. The lowest BCUT2D eigenvalue weighted by Gasteiger charge is -2.21. The monoisotopic (exact) mass is 320 g/mol. The molecule has 0 aromatic carbocycles. The van der Waals surface area contributed by atoms with Crippen molar-refractivity contribution in [3.63, 3.8) is 0 Å². The Morgan fingerprint density at radius 1 is 1.35 bits per heavy atom. The number of Topliss-reactive ketones (excluding diaryl/α,β-unsaturated/α-hetero) is 1. The fourth-order valence-electron chi connectivity index (χ4n) is 4.09. The van der Waals surface area contributed by atoms with Gasteiger partial charge in [0.15, 0.2) is 10.1 Å². The molecule has 0 radical (unpaired) electrons. The second-order valence-corrected chi connectivity index (χ2v) is 7.79. The summed E-state index contributed by atoms with van der Waals surface area (Å²) in [5.74, 6) is 1.32. The van der Waals surface area contributed by atoms with Gasteiger partial charge in [0.25, 0.3) is 0 Å². The van der Waals surface area contributed by atoms with Gasteiger partial charge in [0.2, 0.25) is 0 Å². The molecule has 0 N–H and O–H groups in total. The Kier molecular flexibility index (Phi) is 5.79. The zero-order valence-electron chi connectivity index (χ0n) is 12.5. The summed E-state index contributed by atoms with van der Waals surface area (Å²) in [7, 11) is 1.79. The number of fused-ring (bicyclic) bond motifs is 1. The van der Waals surface area contributed by atoms with Gasteiger partial charge in [-0.25, -0.2) is 0 Å². The van der Waals surface area contributed by atoms with E-state index in [-0.39, 0.29) is 11.7 Å². The molecular weight excluding hydrogens is 295 g/mol. The van der Waals surface area contributed by atoms with E-state index in [1.54, 1.807) is 7.11 Å². The van der Waals surface area contributed by atoms with E-state index >= 15 is 0 Å². The lowest BCUT2D eigenvalue weighted by molar-refractivity contribution is -0.118. The van der Waals surface area contributed by atoms with E-state index < -0.39 is 4.33 Å². The Morgan fingerprint density at radius 3 is 2.75 bits per heavy atom. The summed E-state index contributed by atoms with van der Waals surface area (Å²) in [5, 5.41) is 0. The molecule has 4 heteroatoms. The van der Waals surface area contributed by atoms with Crippen LogP contribution >= 0.6 is 23.2 Å². The maximum absolute atomic E-state index is 11.9. The van der Waals surface area contributed by atoms with Crippen LogP contribution in [0, 0.1) is 17.8 Å². The summed E-state index contributed by atoms with van der Waals surface area (Å²) in [6.07, 6.45) is 9.06. The molecule has 0 spiro atoms. The Morgan fingerprint density at radius 2 is 2.10 bits per heavy atom. The van der Waals surface area contributed by atoms with Crippen LogP contribution in [0.1, 0.15) is 58.3 Å². The molecule has 4 atom stereocenters. The van der Waals surface area contributed by atoms with Gasteiger partial charge in [-0.2, -0.15) is 0 Å². The average Bonchev–Trinajstić information content (AvgIpc) is 2.91. The first-order valence-electron chi connectivity index (χ1n) is 7.94. The summed E-state index contributed by atoms with van der Waals surface area (Å²) in [6, 6.07) is 0. The van der Waals surface area contributed by atoms with Gasteiger partial charge in [-0.05, 0) is 37.5 Å². The first kappa shape index (κ1) is 16.6. The number of alkyl halides is 2. The highest BCUT2D eigenvalue weighted by atomic mass is 35.5. The molecule has 2 saturated carbocycles. The van der Waals surface area contributed by atoms with Crippen molar-refractivity contribution in [3.8, 4) is 0 Å². The SMILES string of the molecule is CCC(CCCCC1CCC2C1CC(=O)C2(Cl)Cl)OC. The van der Waals surface area contributed by atoms with Crippen LogP contribution in [0.2, 0.25) is 0 Å². The van der Waals surface area contributed by atoms with Crippen LogP contribution in [0.3, 0.4) is 0 Å². The zero-order chi connectivity index (χ0) is 14.8. The minimum Gasteiger partial charge on any atom is -0.381 e. The summed E-state index contributed by atoms with van der Waals surface area (Å²) in [5.41, 5.74) is 0. The van der Waals surface area contributed by atoms with Gasteiger partial charge < -0.3 is 4.74 Å². The Labute approximate surface area is 132 Å². The van der Waals surface area contributed by atoms with Crippen molar-refractivity contribution in [2.45, 2.75) is 68.7 Å². The zero-order valence-corrected chi connectivity index (χ0v) is 14.1. The lowest BCUT2D eigenvalue weighted by atomic mass is 9.87. The standard InChI is InChI=1S/C16H26Cl2O2/c1-3-12(20-2)7-5-4-6-11-8-9-14-13(11)10-15(19)16(14,17)18/h11-14H,3-10H2,1-2H3. The largest absolute Gasteiger partial charge is 0.381 e. The Balaban J connectivity index is 1.75. The molecule has 0 bridgehead atoms. The van der Waals surface area contributed by atoms with E-state index in [9.17, 15) is 4.79 Å². The number of methoxy groups -OCH3 is 1. The maximum Gasteiger partial charge on any atom is 0.178 e. The molecule has 4 unspecified atom stereocenters. The van der Waals surface area contributed by atoms with Crippen LogP contribution in [0.15, 0.2) is 0 Å². The van der Waals surface area contributed by atoms with E-state index in [0.717, 1.165) is 19.3 Å². The third-order valence-electron chi connectivity index (χ3n) is 5.37. The molecule has 2 aliphatic rings. The van der Waals surface area contributed by atoms with Crippen molar-refractivity contribution in [1.82, 2.24) is 0 Å². The number of hydrogen-bond acceptors (Lipinski definition) is 2. The molecular formula is C16H26Cl2O2. The Hall–Kier alpha value is 0.210. The number of ether oxygens (including phenoxy) is 1. The Bertz CT molecular complexity index is 339. The number of hydrogen-bond donors (Lipinski definition) is 0. The van der Waals surface area contributed by atoms with Crippen molar-refractivity contribution in [3.05, 3.63) is 0 Å². The molecule has 20 heavy (non-hydrogen) atoms. The smallest absolute Gasteiger partial charge is 0.178 e. The van der Waals surface area contributed by atoms with Crippen molar-refractivity contribution in [2.75, 3.05) is 7.11 Å². The fraction of sp³-hybridized carbons (Fsp3) is 0.938. The summed E-state index contributed by atoms with van der Waals surface area (Å²) in [4.78, 5) is 11.9. The maximum atomic E-state index is 11.9. The van der Waals surface area contributed by atoms with E-state index in [4.69, 9.17) is 27.9 Å². The van der Waals surface area contributed by atoms with E-state index in [0.29, 0.717) is 24.4 Å². The number of carbonyl (C=O) groups is 1. The van der Waals surface area contributed by atoms with Crippen LogP contribution in [-0.2, 0) is 9.53 Å². The van der Waals surface area contributed by atoms with Crippen molar-refractivity contribution < 1.29 is 9.53 Å². The van der Waals surface area contributed by atoms with Gasteiger partial charge in [-0.1, -0.05) is 49.4 Å². The first-order valence-corrected chi connectivity index (χ1v) is 8.70. The fourth-order valence-corrected chi connectivity index (χ4v) is 4.79. The van der Waals surface area contributed by atoms with Gasteiger partial charge in [0, 0.05) is 19.4 Å². The number of unbranched alkanes of at least 4 members (excludes halogenated alkanes) is 1. The molecule has 0 saturated heterocycles. The lowest BCUT2D eigenvalue weighted by Crippen LogP contribution is -2.26. The number of carbonyl (C=O) groups excluding carboxylic acids is 1. The minimum absolute atomic E-state index is 0.0472. The van der Waals surface area contributed by atoms with Crippen LogP contribution in [0.25, 0.3) is 0 Å². The number of halogens is 2. The van der Waals surface area contributed by atoms with Crippen LogP contribution in [0.5, 0.6) is 0 Å². The third-order valence-corrected chi connectivity index (χ3v) is 6.35. The van der Waals surface area contributed by atoms with Gasteiger partial charge >= 0.3 is 0 Å². The molecule has 2 fully saturated rings.